The number of hydrogen-bond donors (Lipinski definition) is 0. The molecule has 0 aliphatic rings. The number of para-hydroxylation sites is 1. The van der Waals surface area contributed by atoms with E-state index in [1.807, 2.05) is 47.7 Å². The Hall–Kier alpha value is -4.46. The van der Waals surface area contributed by atoms with Crippen LogP contribution < -0.4 is 0 Å². The molecular weight excluding hydrogens is 817 g/mol. The van der Waals surface area contributed by atoms with E-state index < -0.39 is 0 Å². The van der Waals surface area contributed by atoms with Crippen molar-refractivity contribution in [2.75, 3.05) is 0 Å². The van der Waals surface area contributed by atoms with Crippen molar-refractivity contribution in [1.29, 1.82) is 0 Å². The van der Waals surface area contributed by atoms with E-state index in [1.54, 1.807) is 0 Å². The van der Waals surface area contributed by atoms with Crippen molar-refractivity contribution in [3.8, 4) is 11.1 Å². The second-order valence-corrected chi connectivity index (χ2v) is 12.5. The van der Waals surface area contributed by atoms with Crippen LogP contribution in [0.3, 0.4) is 0 Å². The number of furan rings is 1. The smallest absolute Gasteiger partial charge is 0.456 e. The standard InChI is InChI=1S/C43H29NOS.U/c1-3-38(33-22-24-37-36-14-8-10-16-42(36)46-43(37)27-33)44-39(31-19-17-30(18-20-31)29-11-5-4-6-12-29)25-28(2)32-21-23-35-34-13-7-9-15-40(34)45-41(35)26-32;/h3-11,13-17,19-27H,1-2H3;/q-2;+2/b28-25+,38-3+,44-39-;. The zero-order chi connectivity index (χ0) is 31.0. The molecule has 0 atom stereocenters. The fourth-order valence-electron chi connectivity index (χ4n) is 6.06. The summed E-state index contributed by atoms with van der Waals surface area (Å²) in [6.45, 7) is 4.19. The van der Waals surface area contributed by atoms with Crippen molar-refractivity contribution < 1.29 is 35.5 Å². The first-order chi connectivity index (χ1) is 22.6. The maximum absolute atomic E-state index is 6.21. The van der Waals surface area contributed by atoms with Crippen LogP contribution in [0.4, 0.5) is 0 Å². The van der Waals surface area contributed by atoms with Gasteiger partial charge in [-0.3, -0.25) is 4.99 Å². The molecule has 0 N–H and O–H groups in total. The number of fused-ring (bicyclic) bond motifs is 6. The third kappa shape index (κ3) is 6.06. The van der Waals surface area contributed by atoms with Gasteiger partial charge in [0.15, 0.2) is 0 Å². The molecule has 6 aromatic carbocycles. The minimum absolute atomic E-state index is 0. The summed E-state index contributed by atoms with van der Waals surface area (Å²) in [5, 5.41) is 4.83. The van der Waals surface area contributed by atoms with Crippen molar-refractivity contribution in [3.05, 3.63) is 168 Å². The molecule has 0 unspecified atom stereocenters. The zero-order valence-electron chi connectivity index (χ0n) is 26.0. The second-order valence-electron chi connectivity index (χ2n) is 11.4. The first-order valence-electron chi connectivity index (χ1n) is 15.4. The number of thiophene rings is 1. The van der Waals surface area contributed by atoms with Crippen molar-refractivity contribution in [2.45, 2.75) is 13.8 Å². The molecule has 0 radical (unpaired) electrons. The summed E-state index contributed by atoms with van der Waals surface area (Å²) >= 11 is 1.82. The molecular formula is C43H29NOSU. The predicted octanol–water partition coefficient (Wildman–Crippen LogP) is 12.2. The van der Waals surface area contributed by atoms with E-state index in [2.05, 4.69) is 129 Å². The Labute approximate surface area is 302 Å². The van der Waals surface area contributed by atoms with Gasteiger partial charge in [-0.05, 0) is 61.4 Å². The molecule has 0 amide bonds. The molecule has 0 aliphatic heterocycles. The minimum atomic E-state index is 0. The number of nitrogens with zero attached hydrogens (tertiary/aromatic N) is 1. The Morgan fingerprint density at radius 3 is 2.17 bits per heavy atom. The molecule has 8 rings (SSSR count). The molecule has 0 fully saturated rings. The number of hydrogen-bond acceptors (Lipinski definition) is 3. The molecule has 222 valence electrons. The van der Waals surface area contributed by atoms with E-state index in [9.17, 15) is 0 Å². The third-order valence-corrected chi connectivity index (χ3v) is 9.62. The molecule has 2 nitrogen and oxygen atoms in total. The quantitative estimate of drug-likeness (QED) is 0.121. The van der Waals surface area contributed by atoms with Gasteiger partial charge in [0.05, 0.1) is 5.70 Å². The molecule has 4 heteroatoms. The average molecular weight is 846 g/mol. The van der Waals surface area contributed by atoms with Gasteiger partial charge in [0, 0.05) is 42.2 Å². The molecule has 0 bridgehead atoms. The molecule has 2 aromatic heterocycles. The largest absolute Gasteiger partial charge is 2.00 e. The first-order valence-corrected chi connectivity index (χ1v) is 16.2. The monoisotopic (exact) mass is 845 g/mol. The van der Waals surface area contributed by atoms with Gasteiger partial charge in [-0.2, -0.15) is 36.4 Å². The third-order valence-electron chi connectivity index (χ3n) is 8.48. The Balaban J connectivity index is 0.00000351. The van der Waals surface area contributed by atoms with Gasteiger partial charge in [-0.1, -0.05) is 66.2 Å². The average Bonchev–Trinajstić information content (AvgIpc) is 3.68. The molecule has 8 aromatic rings. The second kappa shape index (κ2) is 13.3. The van der Waals surface area contributed by atoms with Crippen LogP contribution in [0.2, 0.25) is 0 Å². The van der Waals surface area contributed by atoms with Crippen LogP contribution in [0.1, 0.15) is 30.5 Å². The van der Waals surface area contributed by atoms with Gasteiger partial charge in [0.25, 0.3) is 0 Å². The summed E-state index contributed by atoms with van der Waals surface area (Å²) in [5.74, 6) is 0. The van der Waals surface area contributed by atoms with Crippen molar-refractivity contribution >= 4 is 70.4 Å². The Morgan fingerprint density at radius 1 is 0.660 bits per heavy atom. The summed E-state index contributed by atoms with van der Waals surface area (Å²) in [6, 6.07) is 50.9. The minimum Gasteiger partial charge on any atom is -0.456 e. The van der Waals surface area contributed by atoms with Gasteiger partial charge >= 0.3 is 31.1 Å². The molecule has 2 heterocycles. The van der Waals surface area contributed by atoms with Crippen LogP contribution in [0.25, 0.3) is 64.5 Å². The fraction of sp³-hybridized carbons (Fsp3) is 0.0465. The van der Waals surface area contributed by atoms with E-state index >= 15 is 0 Å². The van der Waals surface area contributed by atoms with Gasteiger partial charge in [0.2, 0.25) is 0 Å². The molecule has 0 aliphatic carbocycles. The Bertz CT molecular complexity index is 2480. The number of benzene rings is 6. The number of rotatable bonds is 6. The van der Waals surface area contributed by atoms with Crippen LogP contribution >= 0.6 is 11.3 Å². The van der Waals surface area contributed by atoms with Crippen molar-refractivity contribution in [1.82, 2.24) is 0 Å². The number of allylic oxidation sites excluding steroid dienone is 3. The molecule has 47 heavy (non-hydrogen) atoms. The SMILES string of the molecule is C/C=C(/N=C(/C=C(\C)c1ccc2c(c1)oc1ccccc12)c1c[c-]c(-c2[c-]cccc2)cc1)c1ccc2c(c1)sc1ccccc12.[U+2]. The van der Waals surface area contributed by atoms with Crippen LogP contribution in [-0.4, -0.2) is 5.71 Å². The van der Waals surface area contributed by atoms with E-state index in [0.717, 1.165) is 66.7 Å². The van der Waals surface area contributed by atoms with Crippen LogP contribution in [0, 0.1) is 43.2 Å². The summed E-state index contributed by atoms with van der Waals surface area (Å²) in [6.07, 6.45) is 4.26. The van der Waals surface area contributed by atoms with Crippen LogP contribution in [0.5, 0.6) is 0 Å². The van der Waals surface area contributed by atoms with E-state index in [0.29, 0.717) is 0 Å². The maximum atomic E-state index is 6.21. The summed E-state index contributed by atoms with van der Waals surface area (Å²) in [5.41, 5.74) is 9.86. The van der Waals surface area contributed by atoms with E-state index in [1.165, 1.54) is 20.2 Å². The normalized spacial score (nSPS) is 12.7. The summed E-state index contributed by atoms with van der Waals surface area (Å²) in [4.78, 5) is 5.32. The van der Waals surface area contributed by atoms with Crippen molar-refractivity contribution in [3.63, 3.8) is 0 Å². The molecule has 0 saturated carbocycles. The fourth-order valence-corrected chi connectivity index (χ4v) is 7.21. The Kier molecular flexibility index (Phi) is 8.84. The molecule has 0 saturated heterocycles. The zero-order valence-corrected chi connectivity index (χ0v) is 31.0. The van der Waals surface area contributed by atoms with Gasteiger partial charge in [-0.15, -0.1) is 29.5 Å². The Morgan fingerprint density at radius 2 is 1.36 bits per heavy atom. The van der Waals surface area contributed by atoms with Gasteiger partial charge < -0.3 is 4.42 Å². The van der Waals surface area contributed by atoms with E-state index in [-0.39, 0.29) is 31.1 Å². The number of aliphatic imine (C=N–C) groups is 1. The van der Waals surface area contributed by atoms with Crippen molar-refractivity contribution in [2.24, 2.45) is 4.99 Å². The van der Waals surface area contributed by atoms with E-state index in [4.69, 9.17) is 9.41 Å². The summed E-state index contributed by atoms with van der Waals surface area (Å²) in [7, 11) is 0. The van der Waals surface area contributed by atoms with Gasteiger partial charge in [0.1, 0.15) is 11.2 Å². The predicted molar refractivity (Wildman–Crippen MR) is 196 cm³/mol. The molecule has 0 spiro atoms. The maximum Gasteiger partial charge on any atom is 2.00 e. The van der Waals surface area contributed by atoms with Gasteiger partial charge in [-0.25, -0.2) is 11.1 Å². The first kappa shape index (κ1) is 31.2. The summed E-state index contributed by atoms with van der Waals surface area (Å²) < 4.78 is 8.77. The topological polar surface area (TPSA) is 25.5 Å². The van der Waals surface area contributed by atoms with Crippen LogP contribution in [-0.2, 0) is 0 Å². The van der Waals surface area contributed by atoms with Crippen LogP contribution in [0.15, 0.2) is 149 Å².